The van der Waals surface area contributed by atoms with E-state index in [1.165, 1.54) is 0 Å². The first-order valence-corrected chi connectivity index (χ1v) is 2.02. The van der Waals surface area contributed by atoms with E-state index in [9.17, 15) is 4.39 Å². The van der Waals surface area contributed by atoms with E-state index in [4.69, 9.17) is 5.73 Å². The SMILES string of the molecule is Nc1cnc(F)cn1. The van der Waals surface area contributed by atoms with Crippen molar-refractivity contribution in [3.63, 3.8) is 0 Å². The molecule has 0 radical (unpaired) electrons. The molecule has 1 aromatic rings. The minimum Gasteiger partial charge on any atom is -0.382 e. The third-order valence-corrected chi connectivity index (χ3v) is 0.640. The average Bonchev–Trinajstić information content (AvgIpc) is 1.77. The Morgan fingerprint density at radius 2 is 2.12 bits per heavy atom. The monoisotopic (exact) mass is 113 g/mol. The number of nitrogens with zero attached hydrogens (tertiary/aromatic N) is 2. The maximum atomic E-state index is 11.9. The van der Waals surface area contributed by atoms with Crippen LogP contribution < -0.4 is 5.73 Å². The molecule has 8 heavy (non-hydrogen) atoms. The van der Waals surface area contributed by atoms with E-state index < -0.39 is 5.95 Å². The molecule has 0 saturated heterocycles. The van der Waals surface area contributed by atoms with Crippen LogP contribution in [0.1, 0.15) is 0 Å². The molecule has 0 bridgehead atoms. The lowest BCUT2D eigenvalue weighted by Gasteiger charge is -1.85. The van der Waals surface area contributed by atoms with Gasteiger partial charge in [-0.3, -0.25) is 0 Å². The number of hydrogen-bond donors (Lipinski definition) is 1. The molecule has 0 saturated carbocycles. The van der Waals surface area contributed by atoms with Crippen LogP contribution in [-0.4, -0.2) is 9.97 Å². The van der Waals surface area contributed by atoms with Gasteiger partial charge in [0.1, 0.15) is 5.82 Å². The maximum Gasteiger partial charge on any atom is 0.231 e. The van der Waals surface area contributed by atoms with Crippen LogP contribution >= 0.6 is 0 Å². The van der Waals surface area contributed by atoms with Gasteiger partial charge < -0.3 is 5.73 Å². The number of hydrogen-bond acceptors (Lipinski definition) is 3. The van der Waals surface area contributed by atoms with Gasteiger partial charge in [0.05, 0.1) is 12.4 Å². The van der Waals surface area contributed by atoms with Gasteiger partial charge in [-0.05, 0) is 0 Å². The van der Waals surface area contributed by atoms with Crippen LogP contribution in [-0.2, 0) is 0 Å². The third-order valence-electron chi connectivity index (χ3n) is 0.640. The largest absolute Gasteiger partial charge is 0.382 e. The lowest BCUT2D eigenvalue weighted by Crippen LogP contribution is -1.91. The highest BCUT2D eigenvalue weighted by molar-refractivity contribution is 5.20. The Morgan fingerprint density at radius 1 is 1.38 bits per heavy atom. The molecule has 0 spiro atoms. The van der Waals surface area contributed by atoms with Crippen molar-refractivity contribution in [2.45, 2.75) is 0 Å². The molecule has 1 heterocycles. The standard InChI is InChI=1S/C4H4FN3/c5-3-1-8-4(6)2-7-3/h1-2H,(H2,6,8). The first-order valence-electron chi connectivity index (χ1n) is 2.02. The van der Waals surface area contributed by atoms with Crippen molar-refractivity contribution in [1.29, 1.82) is 0 Å². The zero-order valence-electron chi connectivity index (χ0n) is 4.00. The van der Waals surface area contributed by atoms with Crippen LogP contribution in [0, 0.1) is 5.95 Å². The van der Waals surface area contributed by atoms with Gasteiger partial charge in [-0.25, -0.2) is 9.97 Å². The highest BCUT2D eigenvalue weighted by atomic mass is 19.1. The molecule has 0 aliphatic rings. The Morgan fingerprint density at radius 3 is 2.50 bits per heavy atom. The molecular formula is C4H4FN3. The summed E-state index contributed by atoms with van der Waals surface area (Å²) in [6.45, 7) is 0. The Hall–Kier alpha value is -1.19. The zero-order chi connectivity index (χ0) is 5.98. The Bertz CT molecular complexity index is 150. The summed E-state index contributed by atoms with van der Waals surface area (Å²) in [5, 5.41) is 0. The van der Waals surface area contributed by atoms with Gasteiger partial charge in [0.2, 0.25) is 5.95 Å². The fraction of sp³-hybridized carbons (Fsp3) is 0. The van der Waals surface area contributed by atoms with Crippen molar-refractivity contribution >= 4 is 5.82 Å². The van der Waals surface area contributed by atoms with Crippen molar-refractivity contribution in [1.82, 2.24) is 9.97 Å². The molecule has 0 unspecified atom stereocenters. The number of anilines is 1. The Balaban J connectivity index is 3.03. The van der Waals surface area contributed by atoms with Gasteiger partial charge in [0.15, 0.2) is 0 Å². The molecule has 1 aromatic heterocycles. The first-order chi connectivity index (χ1) is 3.79. The molecule has 0 aliphatic carbocycles. The average molecular weight is 113 g/mol. The topological polar surface area (TPSA) is 51.8 Å². The van der Waals surface area contributed by atoms with Crippen molar-refractivity contribution < 1.29 is 4.39 Å². The number of rotatable bonds is 0. The molecule has 42 valence electrons. The van der Waals surface area contributed by atoms with Gasteiger partial charge in [0.25, 0.3) is 0 Å². The van der Waals surface area contributed by atoms with Gasteiger partial charge >= 0.3 is 0 Å². The van der Waals surface area contributed by atoms with E-state index in [1.54, 1.807) is 0 Å². The molecule has 0 aromatic carbocycles. The summed E-state index contributed by atoms with van der Waals surface area (Å²) in [5.74, 6) is -0.384. The highest BCUT2D eigenvalue weighted by Gasteiger charge is 1.87. The summed E-state index contributed by atoms with van der Waals surface area (Å²) in [6, 6.07) is 0. The van der Waals surface area contributed by atoms with E-state index in [1.807, 2.05) is 0 Å². The second kappa shape index (κ2) is 1.73. The minimum absolute atomic E-state index is 0.228. The van der Waals surface area contributed by atoms with E-state index in [0.717, 1.165) is 12.4 Å². The fourth-order valence-electron chi connectivity index (χ4n) is 0.322. The summed E-state index contributed by atoms with van der Waals surface area (Å²) in [7, 11) is 0. The van der Waals surface area contributed by atoms with Gasteiger partial charge in [0, 0.05) is 0 Å². The molecular weight excluding hydrogens is 109 g/mol. The molecule has 3 nitrogen and oxygen atoms in total. The smallest absolute Gasteiger partial charge is 0.231 e. The number of nitrogens with two attached hydrogens (primary N) is 1. The number of halogens is 1. The summed E-state index contributed by atoms with van der Waals surface area (Å²) in [6.07, 6.45) is 2.13. The molecule has 0 aliphatic heterocycles. The normalized spacial score (nSPS) is 9.12. The van der Waals surface area contributed by atoms with E-state index in [0.29, 0.717) is 0 Å². The predicted molar refractivity (Wildman–Crippen MR) is 26.4 cm³/mol. The quantitative estimate of drug-likeness (QED) is 0.522. The number of nitrogen functional groups attached to an aromatic ring is 1. The Kier molecular flexibility index (Phi) is 1.07. The molecule has 0 fully saturated rings. The maximum absolute atomic E-state index is 11.9. The second-order valence-corrected chi connectivity index (χ2v) is 1.26. The molecule has 2 N–H and O–H groups in total. The molecule has 1 rings (SSSR count). The summed E-state index contributed by atoms with van der Waals surface area (Å²) < 4.78 is 11.9. The van der Waals surface area contributed by atoms with Gasteiger partial charge in [-0.15, -0.1) is 0 Å². The lowest BCUT2D eigenvalue weighted by molar-refractivity contribution is 0.577. The van der Waals surface area contributed by atoms with Crippen LogP contribution in [0.2, 0.25) is 0 Å². The first kappa shape index (κ1) is 4.96. The molecule has 0 atom stereocenters. The predicted octanol–water partition coefficient (Wildman–Crippen LogP) is 0.198. The van der Waals surface area contributed by atoms with Crippen LogP contribution in [0.5, 0.6) is 0 Å². The van der Waals surface area contributed by atoms with E-state index in [-0.39, 0.29) is 5.82 Å². The molecule has 0 amide bonds. The van der Waals surface area contributed by atoms with Crippen molar-refractivity contribution in [2.75, 3.05) is 5.73 Å². The Labute approximate surface area is 45.4 Å². The van der Waals surface area contributed by atoms with E-state index >= 15 is 0 Å². The van der Waals surface area contributed by atoms with E-state index in [2.05, 4.69) is 9.97 Å². The molecule has 4 heteroatoms. The summed E-state index contributed by atoms with van der Waals surface area (Å²) in [4.78, 5) is 6.64. The third kappa shape index (κ3) is 0.900. The fourth-order valence-corrected chi connectivity index (χ4v) is 0.322. The lowest BCUT2D eigenvalue weighted by atomic mass is 10.7. The summed E-state index contributed by atoms with van der Waals surface area (Å²) in [5.41, 5.74) is 5.09. The zero-order valence-corrected chi connectivity index (χ0v) is 4.00. The summed E-state index contributed by atoms with van der Waals surface area (Å²) >= 11 is 0. The van der Waals surface area contributed by atoms with Crippen LogP contribution in [0.3, 0.4) is 0 Å². The van der Waals surface area contributed by atoms with Crippen LogP contribution in [0.15, 0.2) is 12.4 Å². The van der Waals surface area contributed by atoms with Crippen molar-refractivity contribution in [2.24, 2.45) is 0 Å². The van der Waals surface area contributed by atoms with Gasteiger partial charge in [-0.1, -0.05) is 0 Å². The number of aromatic nitrogens is 2. The minimum atomic E-state index is -0.612. The van der Waals surface area contributed by atoms with Crippen LogP contribution in [0.4, 0.5) is 10.2 Å². The second-order valence-electron chi connectivity index (χ2n) is 1.26. The highest BCUT2D eigenvalue weighted by Crippen LogP contribution is 1.91. The van der Waals surface area contributed by atoms with Crippen LogP contribution in [0.25, 0.3) is 0 Å². The van der Waals surface area contributed by atoms with Crippen molar-refractivity contribution in [3.8, 4) is 0 Å². The van der Waals surface area contributed by atoms with Gasteiger partial charge in [-0.2, -0.15) is 4.39 Å². The van der Waals surface area contributed by atoms with Crippen molar-refractivity contribution in [3.05, 3.63) is 18.3 Å².